The van der Waals surface area contributed by atoms with E-state index in [1.165, 1.54) is 16.0 Å². The molecule has 0 radical (unpaired) electrons. The van der Waals surface area contributed by atoms with Crippen molar-refractivity contribution in [2.24, 2.45) is 0 Å². The van der Waals surface area contributed by atoms with Crippen LogP contribution < -0.4 is 9.47 Å². The van der Waals surface area contributed by atoms with E-state index < -0.39 is 0 Å². The van der Waals surface area contributed by atoms with Crippen LogP contribution in [0.3, 0.4) is 0 Å². The first kappa shape index (κ1) is 15.3. The molecule has 1 heterocycles. The molecule has 3 rings (SSSR count). The van der Waals surface area contributed by atoms with Crippen LogP contribution in [0.5, 0.6) is 11.5 Å². The van der Waals surface area contributed by atoms with E-state index in [9.17, 15) is 0 Å². The SMILES string of the molecule is COc1ccc(C2(C)CSc3cc(OC)ccc3C2C)cc1.[HH]. The van der Waals surface area contributed by atoms with Crippen LogP contribution in [-0.2, 0) is 5.41 Å². The average Bonchev–Trinajstić information content (AvgIpc) is 2.58. The van der Waals surface area contributed by atoms with Gasteiger partial charge in [-0.15, -0.1) is 11.8 Å². The zero-order valence-electron chi connectivity index (χ0n) is 13.6. The van der Waals surface area contributed by atoms with E-state index in [0.29, 0.717) is 5.92 Å². The van der Waals surface area contributed by atoms with Crippen molar-refractivity contribution in [3.8, 4) is 11.5 Å². The molecule has 0 saturated heterocycles. The summed E-state index contributed by atoms with van der Waals surface area (Å²) in [4.78, 5) is 1.35. The molecule has 2 atom stereocenters. The van der Waals surface area contributed by atoms with Gasteiger partial charge in [0.05, 0.1) is 14.2 Å². The molecule has 0 aromatic heterocycles. The first-order valence-electron chi connectivity index (χ1n) is 7.54. The molecule has 2 aromatic carbocycles. The Labute approximate surface area is 138 Å². The first-order chi connectivity index (χ1) is 10.6. The van der Waals surface area contributed by atoms with Gasteiger partial charge in [-0.05, 0) is 41.3 Å². The van der Waals surface area contributed by atoms with Crippen LogP contribution >= 0.6 is 11.8 Å². The summed E-state index contributed by atoms with van der Waals surface area (Å²) in [5.74, 6) is 3.38. The Morgan fingerprint density at radius 2 is 1.68 bits per heavy atom. The Hall–Kier alpha value is -1.61. The van der Waals surface area contributed by atoms with Crippen molar-refractivity contribution in [3.05, 3.63) is 53.6 Å². The average molecular weight is 316 g/mol. The summed E-state index contributed by atoms with van der Waals surface area (Å²) < 4.78 is 10.6. The molecule has 0 amide bonds. The zero-order valence-corrected chi connectivity index (χ0v) is 14.4. The Bertz CT molecular complexity index is 672. The van der Waals surface area contributed by atoms with Gasteiger partial charge in [0.2, 0.25) is 0 Å². The normalized spacial score (nSPS) is 23.7. The topological polar surface area (TPSA) is 18.5 Å². The van der Waals surface area contributed by atoms with Gasteiger partial charge in [-0.3, -0.25) is 0 Å². The number of methoxy groups -OCH3 is 2. The maximum absolute atomic E-state index is 5.35. The maximum Gasteiger partial charge on any atom is 0.119 e. The molecule has 3 heteroatoms. The molecule has 0 spiro atoms. The second-order valence-corrected chi connectivity index (χ2v) is 7.08. The lowest BCUT2D eigenvalue weighted by molar-refractivity contribution is 0.406. The van der Waals surface area contributed by atoms with Crippen LogP contribution in [0.2, 0.25) is 0 Å². The lowest BCUT2D eigenvalue weighted by Gasteiger charge is -2.41. The molecule has 118 valence electrons. The molecule has 0 fully saturated rings. The van der Waals surface area contributed by atoms with Crippen molar-refractivity contribution >= 4 is 11.8 Å². The molecule has 1 aliphatic heterocycles. The number of hydrogen-bond acceptors (Lipinski definition) is 3. The van der Waals surface area contributed by atoms with Crippen molar-refractivity contribution in [2.75, 3.05) is 20.0 Å². The standard InChI is InChI=1S/C19H22O2S.H2/c1-13-17-10-9-16(21-4)11-18(17)22-12-19(13,2)14-5-7-15(20-3)8-6-14;/h5-11,13H,12H2,1-4H3;1H. The highest BCUT2D eigenvalue weighted by molar-refractivity contribution is 7.99. The van der Waals surface area contributed by atoms with Gasteiger partial charge in [0.25, 0.3) is 0 Å². The second-order valence-electron chi connectivity index (χ2n) is 6.06. The zero-order chi connectivity index (χ0) is 15.7. The van der Waals surface area contributed by atoms with Crippen LogP contribution in [0.4, 0.5) is 0 Å². The van der Waals surface area contributed by atoms with Gasteiger partial charge in [0, 0.05) is 17.5 Å². The van der Waals surface area contributed by atoms with E-state index >= 15 is 0 Å². The van der Waals surface area contributed by atoms with E-state index in [1.54, 1.807) is 14.2 Å². The summed E-state index contributed by atoms with van der Waals surface area (Å²) in [6.07, 6.45) is 0. The Morgan fingerprint density at radius 1 is 1.05 bits per heavy atom. The monoisotopic (exact) mass is 316 g/mol. The van der Waals surface area contributed by atoms with Crippen LogP contribution in [0, 0.1) is 0 Å². The van der Waals surface area contributed by atoms with Gasteiger partial charge < -0.3 is 9.47 Å². The second kappa shape index (κ2) is 5.88. The van der Waals surface area contributed by atoms with E-state index in [4.69, 9.17) is 9.47 Å². The number of rotatable bonds is 3. The van der Waals surface area contributed by atoms with E-state index in [1.807, 2.05) is 11.8 Å². The molecular formula is C19H24O2S. The van der Waals surface area contributed by atoms with Crippen molar-refractivity contribution < 1.29 is 10.9 Å². The van der Waals surface area contributed by atoms with E-state index in [0.717, 1.165) is 17.3 Å². The van der Waals surface area contributed by atoms with Crippen molar-refractivity contribution in [3.63, 3.8) is 0 Å². The Balaban J connectivity index is 0.00000192. The minimum atomic E-state index is 0. The number of thioether (sulfide) groups is 1. The lowest BCUT2D eigenvalue weighted by atomic mass is 9.71. The number of benzene rings is 2. The fourth-order valence-electron chi connectivity index (χ4n) is 3.13. The van der Waals surface area contributed by atoms with Gasteiger partial charge >= 0.3 is 0 Å². The fourth-order valence-corrected chi connectivity index (χ4v) is 4.61. The molecule has 0 bridgehead atoms. The molecule has 0 aliphatic carbocycles. The highest BCUT2D eigenvalue weighted by Gasteiger charge is 2.38. The Kier molecular flexibility index (Phi) is 4.09. The van der Waals surface area contributed by atoms with E-state index in [2.05, 4.69) is 56.3 Å². The van der Waals surface area contributed by atoms with Crippen molar-refractivity contribution in [1.29, 1.82) is 0 Å². The smallest absolute Gasteiger partial charge is 0.119 e. The fraction of sp³-hybridized carbons (Fsp3) is 0.368. The van der Waals surface area contributed by atoms with Gasteiger partial charge in [-0.25, -0.2) is 0 Å². The summed E-state index contributed by atoms with van der Waals surface area (Å²) in [6, 6.07) is 14.9. The van der Waals surface area contributed by atoms with Gasteiger partial charge in [-0.1, -0.05) is 32.0 Å². The molecule has 1 aliphatic rings. The molecule has 0 saturated carbocycles. The lowest BCUT2D eigenvalue weighted by Crippen LogP contribution is -2.34. The number of ether oxygens (including phenoxy) is 2. The van der Waals surface area contributed by atoms with Gasteiger partial charge in [0.15, 0.2) is 0 Å². The quantitative estimate of drug-likeness (QED) is 0.783. The minimum absolute atomic E-state index is 0. The van der Waals surface area contributed by atoms with Gasteiger partial charge in [-0.2, -0.15) is 0 Å². The van der Waals surface area contributed by atoms with Crippen LogP contribution in [-0.4, -0.2) is 20.0 Å². The Morgan fingerprint density at radius 3 is 2.32 bits per heavy atom. The molecule has 0 N–H and O–H groups in total. The third-order valence-electron chi connectivity index (χ3n) is 4.92. The van der Waals surface area contributed by atoms with Crippen molar-refractivity contribution in [2.45, 2.75) is 30.1 Å². The summed E-state index contributed by atoms with van der Waals surface area (Å²) in [7, 11) is 3.43. The summed E-state index contributed by atoms with van der Waals surface area (Å²) in [5, 5.41) is 0. The third kappa shape index (κ3) is 2.48. The predicted octanol–water partition coefficient (Wildman–Crippen LogP) is 5.12. The number of hydrogen-bond donors (Lipinski definition) is 0. The van der Waals surface area contributed by atoms with Crippen molar-refractivity contribution in [1.82, 2.24) is 0 Å². The highest BCUT2D eigenvalue weighted by atomic mass is 32.2. The molecule has 22 heavy (non-hydrogen) atoms. The minimum Gasteiger partial charge on any atom is -0.497 e. The third-order valence-corrected chi connectivity index (χ3v) is 6.33. The summed E-state index contributed by atoms with van der Waals surface area (Å²) >= 11 is 1.92. The van der Waals surface area contributed by atoms with Crippen LogP contribution in [0.1, 0.15) is 32.3 Å². The highest BCUT2D eigenvalue weighted by Crippen LogP contribution is 2.50. The summed E-state index contributed by atoms with van der Waals surface area (Å²) in [5.41, 5.74) is 2.91. The maximum atomic E-state index is 5.35. The molecular weight excluding hydrogens is 292 g/mol. The van der Waals surface area contributed by atoms with Gasteiger partial charge in [0.1, 0.15) is 11.5 Å². The van der Waals surface area contributed by atoms with E-state index in [-0.39, 0.29) is 6.84 Å². The summed E-state index contributed by atoms with van der Waals surface area (Å²) in [6.45, 7) is 4.69. The molecule has 2 unspecified atom stereocenters. The molecule has 2 nitrogen and oxygen atoms in total. The number of fused-ring (bicyclic) bond motifs is 1. The molecule has 2 aromatic rings. The predicted molar refractivity (Wildman–Crippen MR) is 94.6 cm³/mol. The first-order valence-corrected chi connectivity index (χ1v) is 8.52. The van der Waals surface area contributed by atoms with Crippen LogP contribution in [0.25, 0.3) is 0 Å². The largest absolute Gasteiger partial charge is 0.497 e. The van der Waals surface area contributed by atoms with Crippen LogP contribution in [0.15, 0.2) is 47.4 Å².